The molecule has 1 aliphatic carbocycles. The molecular formula is C22H22Cl2N4O4. The summed E-state index contributed by atoms with van der Waals surface area (Å²) >= 11 is 13.0. The van der Waals surface area contributed by atoms with Gasteiger partial charge in [-0.25, -0.2) is 4.98 Å². The van der Waals surface area contributed by atoms with Crippen molar-refractivity contribution in [1.29, 1.82) is 0 Å². The Morgan fingerprint density at radius 2 is 1.75 bits per heavy atom. The summed E-state index contributed by atoms with van der Waals surface area (Å²) in [6, 6.07) is 3.18. The summed E-state index contributed by atoms with van der Waals surface area (Å²) in [4.78, 5) is 33.9. The van der Waals surface area contributed by atoms with Crippen LogP contribution in [0.15, 0.2) is 23.1 Å². The lowest BCUT2D eigenvalue weighted by molar-refractivity contribution is -0.117. The third-order valence-electron chi connectivity index (χ3n) is 5.79. The smallest absolute Gasteiger partial charge is 0.259 e. The highest BCUT2D eigenvalue weighted by molar-refractivity contribution is 6.41. The topological polar surface area (TPSA) is 95.3 Å². The monoisotopic (exact) mass is 476 g/mol. The molecule has 0 saturated heterocycles. The number of hydrogen-bond donors (Lipinski definition) is 1. The molecule has 10 heteroatoms. The van der Waals surface area contributed by atoms with Crippen molar-refractivity contribution in [3.8, 4) is 22.6 Å². The van der Waals surface area contributed by atoms with Crippen LogP contribution in [0.1, 0.15) is 19.8 Å². The summed E-state index contributed by atoms with van der Waals surface area (Å²) in [6.45, 7) is 2.02. The average Bonchev–Trinajstić information content (AvgIpc) is 3.08. The van der Waals surface area contributed by atoms with Gasteiger partial charge in [-0.15, -0.1) is 0 Å². The number of carbonyl (C=O) groups is 1. The van der Waals surface area contributed by atoms with Gasteiger partial charge in [0.25, 0.3) is 5.56 Å². The van der Waals surface area contributed by atoms with Crippen molar-refractivity contribution in [2.24, 2.45) is 13.0 Å². The highest BCUT2D eigenvalue weighted by atomic mass is 35.5. The van der Waals surface area contributed by atoms with Gasteiger partial charge < -0.3 is 14.8 Å². The number of methoxy groups -OCH3 is 2. The van der Waals surface area contributed by atoms with Gasteiger partial charge in [-0.05, 0) is 12.0 Å². The van der Waals surface area contributed by atoms with Crippen LogP contribution in [0.3, 0.4) is 0 Å². The van der Waals surface area contributed by atoms with E-state index in [1.807, 2.05) is 6.92 Å². The van der Waals surface area contributed by atoms with E-state index in [2.05, 4.69) is 15.3 Å². The third-order valence-corrected chi connectivity index (χ3v) is 6.54. The molecule has 2 heterocycles. The van der Waals surface area contributed by atoms with Crippen LogP contribution in [0, 0.1) is 5.92 Å². The van der Waals surface area contributed by atoms with Gasteiger partial charge in [0.2, 0.25) is 5.95 Å². The number of rotatable bonds is 5. The lowest BCUT2D eigenvalue weighted by Gasteiger charge is -2.18. The average molecular weight is 477 g/mol. The Bertz CT molecular complexity index is 1260. The van der Waals surface area contributed by atoms with Crippen molar-refractivity contribution < 1.29 is 14.3 Å². The van der Waals surface area contributed by atoms with Crippen LogP contribution in [0.2, 0.25) is 10.0 Å². The molecule has 4 rings (SSSR count). The molecule has 3 aromatic rings. The summed E-state index contributed by atoms with van der Waals surface area (Å²) in [5.74, 6) is 1.45. The van der Waals surface area contributed by atoms with Crippen LogP contribution in [0.5, 0.6) is 11.5 Å². The number of ether oxygens (including phenoxy) is 2. The highest BCUT2D eigenvalue weighted by Crippen LogP contribution is 2.45. The van der Waals surface area contributed by atoms with E-state index in [1.54, 1.807) is 25.4 Å². The number of aromatic nitrogens is 3. The van der Waals surface area contributed by atoms with Gasteiger partial charge in [0.1, 0.15) is 22.9 Å². The Balaban J connectivity index is 1.84. The first-order valence-electron chi connectivity index (χ1n) is 10.0. The molecule has 1 aromatic carbocycles. The van der Waals surface area contributed by atoms with Crippen LogP contribution >= 0.6 is 23.2 Å². The number of ketones is 1. The second kappa shape index (κ2) is 8.60. The minimum absolute atomic E-state index is 0.0295. The first-order chi connectivity index (χ1) is 15.2. The number of halogens is 2. The van der Waals surface area contributed by atoms with Gasteiger partial charge in [0.05, 0.1) is 29.8 Å². The SMILES string of the molecule is COc1cc(OC)c(Cl)c(-c2cc3cnc(NC4CC(=O)CC4C)nc3n(C)c2=O)c1Cl. The van der Waals surface area contributed by atoms with Crippen molar-refractivity contribution in [3.05, 3.63) is 38.7 Å². The number of hydrogen-bond acceptors (Lipinski definition) is 7. The first kappa shape index (κ1) is 22.4. The minimum Gasteiger partial charge on any atom is -0.495 e. The minimum atomic E-state index is -0.342. The number of anilines is 1. The molecule has 2 atom stereocenters. The summed E-state index contributed by atoms with van der Waals surface area (Å²) in [5, 5.41) is 4.25. The van der Waals surface area contributed by atoms with Gasteiger partial charge in [-0.1, -0.05) is 30.1 Å². The lowest BCUT2D eigenvalue weighted by Crippen LogP contribution is -2.24. The Kier molecular flexibility index (Phi) is 6.01. The summed E-state index contributed by atoms with van der Waals surface area (Å²) in [5.41, 5.74) is 0.681. The molecule has 0 bridgehead atoms. The number of Topliss-reactive ketones (excluding diaryl/α,β-unsaturated/α-hetero) is 1. The van der Waals surface area contributed by atoms with Gasteiger partial charge in [0, 0.05) is 49.1 Å². The van der Waals surface area contributed by atoms with E-state index in [-0.39, 0.29) is 38.9 Å². The van der Waals surface area contributed by atoms with Gasteiger partial charge in [-0.3, -0.25) is 14.2 Å². The lowest BCUT2D eigenvalue weighted by atomic mass is 10.0. The summed E-state index contributed by atoms with van der Waals surface area (Å²) in [7, 11) is 4.56. The van der Waals surface area contributed by atoms with Crippen molar-refractivity contribution >= 4 is 46.0 Å². The molecule has 0 radical (unpaired) electrons. The molecule has 1 aliphatic rings. The molecule has 0 spiro atoms. The van der Waals surface area contributed by atoms with Gasteiger partial charge >= 0.3 is 0 Å². The van der Waals surface area contributed by atoms with E-state index >= 15 is 0 Å². The molecule has 1 saturated carbocycles. The van der Waals surface area contributed by atoms with Crippen LogP contribution in [0.4, 0.5) is 5.95 Å². The number of nitrogens with zero attached hydrogens (tertiary/aromatic N) is 3. The summed E-state index contributed by atoms with van der Waals surface area (Å²) < 4.78 is 12.1. The Hall–Kier alpha value is -2.84. The molecule has 0 aliphatic heterocycles. The van der Waals surface area contributed by atoms with Crippen LogP contribution in [-0.2, 0) is 11.8 Å². The number of benzene rings is 1. The highest BCUT2D eigenvalue weighted by Gasteiger charge is 2.30. The van der Waals surface area contributed by atoms with Crippen molar-refractivity contribution in [3.63, 3.8) is 0 Å². The van der Waals surface area contributed by atoms with E-state index in [1.165, 1.54) is 18.8 Å². The molecule has 32 heavy (non-hydrogen) atoms. The van der Waals surface area contributed by atoms with Crippen molar-refractivity contribution in [1.82, 2.24) is 14.5 Å². The van der Waals surface area contributed by atoms with Crippen LogP contribution < -0.4 is 20.3 Å². The fraction of sp³-hybridized carbons (Fsp3) is 0.364. The maximum Gasteiger partial charge on any atom is 0.259 e. The fourth-order valence-electron chi connectivity index (χ4n) is 4.01. The maximum absolute atomic E-state index is 13.3. The molecule has 168 valence electrons. The maximum atomic E-state index is 13.3. The number of pyridine rings is 1. The fourth-order valence-corrected chi connectivity index (χ4v) is 4.71. The number of aryl methyl sites for hydroxylation is 1. The quantitative estimate of drug-likeness (QED) is 0.591. The molecule has 2 unspecified atom stereocenters. The first-order valence-corrected chi connectivity index (χ1v) is 10.8. The second-order valence-electron chi connectivity index (χ2n) is 7.85. The molecular weight excluding hydrogens is 455 g/mol. The predicted molar refractivity (Wildman–Crippen MR) is 124 cm³/mol. The zero-order valence-corrected chi connectivity index (χ0v) is 19.5. The Labute approximate surface area is 194 Å². The zero-order valence-electron chi connectivity index (χ0n) is 18.0. The molecule has 1 N–H and O–H groups in total. The molecule has 2 aromatic heterocycles. The number of fused-ring (bicyclic) bond motifs is 1. The van der Waals surface area contributed by atoms with Gasteiger partial charge in [-0.2, -0.15) is 4.98 Å². The van der Waals surface area contributed by atoms with E-state index in [0.29, 0.717) is 46.9 Å². The van der Waals surface area contributed by atoms with E-state index in [9.17, 15) is 9.59 Å². The van der Waals surface area contributed by atoms with Crippen molar-refractivity contribution in [2.45, 2.75) is 25.8 Å². The van der Waals surface area contributed by atoms with Crippen LogP contribution in [0.25, 0.3) is 22.2 Å². The second-order valence-corrected chi connectivity index (χ2v) is 8.61. The van der Waals surface area contributed by atoms with Crippen molar-refractivity contribution in [2.75, 3.05) is 19.5 Å². The largest absolute Gasteiger partial charge is 0.495 e. The van der Waals surface area contributed by atoms with Gasteiger partial charge in [0.15, 0.2) is 0 Å². The van der Waals surface area contributed by atoms with Crippen LogP contribution in [-0.4, -0.2) is 40.6 Å². The van der Waals surface area contributed by atoms with E-state index < -0.39 is 0 Å². The standard InChI is InChI=1S/C22H22Cl2N4O4/c1-10-5-12(29)7-14(10)26-22-25-9-11-6-13(21(30)28(2)20(11)27-22)17-18(23)15(31-3)8-16(32-4)19(17)24/h6,8-10,14H,5,7H2,1-4H3,(H,25,26,27). The number of carbonyl (C=O) groups excluding carboxylic acids is 1. The Morgan fingerprint density at radius 3 is 2.31 bits per heavy atom. The van der Waals surface area contributed by atoms with E-state index in [4.69, 9.17) is 32.7 Å². The predicted octanol–water partition coefficient (Wildman–Crippen LogP) is 4.10. The third kappa shape index (κ3) is 3.78. The number of nitrogens with one attached hydrogen (secondary N) is 1. The normalized spacial score (nSPS) is 18.2. The molecule has 0 amide bonds. The van der Waals surface area contributed by atoms with E-state index in [0.717, 1.165) is 0 Å². The summed E-state index contributed by atoms with van der Waals surface area (Å²) in [6.07, 6.45) is 2.60. The zero-order chi connectivity index (χ0) is 23.2. The molecule has 1 fully saturated rings. The Morgan fingerprint density at radius 1 is 1.09 bits per heavy atom. The molecule has 8 nitrogen and oxygen atoms in total.